The zero-order valence-electron chi connectivity index (χ0n) is 14.9. The third-order valence-electron chi connectivity index (χ3n) is 4.38. The third kappa shape index (κ3) is 4.04. The van der Waals surface area contributed by atoms with Gasteiger partial charge in [-0.25, -0.2) is 0 Å². The van der Waals surface area contributed by atoms with Crippen LogP contribution in [0.5, 0.6) is 0 Å². The fourth-order valence-corrected chi connectivity index (χ4v) is 3.25. The molecule has 2 aromatic carbocycles. The number of carbonyl (C=O) groups is 1. The lowest BCUT2D eigenvalue weighted by molar-refractivity contribution is -0.137. The molecule has 1 aliphatic rings. The molecule has 1 N–H and O–H groups in total. The highest BCUT2D eigenvalue weighted by molar-refractivity contribution is 6.31. The smallest absolute Gasteiger partial charge is 0.383 e. The molecule has 27 heavy (non-hydrogen) atoms. The Kier molecular flexibility index (Phi) is 5.35. The van der Waals surface area contributed by atoms with E-state index < -0.39 is 11.7 Å². The number of rotatable bonds is 5. The Morgan fingerprint density at radius 3 is 2.63 bits per heavy atom. The van der Waals surface area contributed by atoms with E-state index in [0.717, 1.165) is 18.2 Å². The average molecular weight is 398 g/mol. The Labute approximate surface area is 160 Å². The highest BCUT2D eigenvalue weighted by Gasteiger charge is 2.36. The molecule has 0 bridgehead atoms. The SMILES string of the molecule is CN(C)CCNc1cccc2c1C(=O)N(c1ccc(Cl)c(C(F)(F)F)c1)C2. The molecule has 3 rings (SSSR count). The van der Waals surface area contributed by atoms with Crippen molar-refractivity contribution in [3.8, 4) is 0 Å². The number of fused-ring (bicyclic) bond motifs is 1. The predicted octanol–water partition coefficient (Wildman–Crippen LogP) is 4.49. The fraction of sp³-hybridized carbons (Fsp3) is 0.316. The molecule has 1 aliphatic heterocycles. The summed E-state index contributed by atoms with van der Waals surface area (Å²) in [6.07, 6.45) is -4.58. The largest absolute Gasteiger partial charge is 0.417 e. The van der Waals surface area contributed by atoms with E-state index in [9.17, 15) is 18.0 Å². The van der Waals surface area contributed by atoms with Crippen LogP contribution in [-0.2, 0) is 12.7 Å². The lowest BCUT2D eigenvalue weighted by Crippen LogP contribution is -2.25. The number of likely N-dealkylation sites (N-methyl/N-ethyl adjacent to an activating group) is 1. The maximum Gasteiger partial charge on any atom is 0.417 e. The van der Waals surface area contributed by atoms with Crippen molar-refractivity contribution in [2.45, 2.75) is 12.7 Å². The Bertz CT molecular complexity index is 868. The van der Waals surface area contributed by atoms with Crippen molar-refractivity contribution >= 4 is 28.9 Å². The summed E-state index contributed by atoms with van der Waals surface area (Å²) in [5.41, 5.74) is 1.19. The summed E-state index contributed by atoms with van der Waals surface area (Å²) in [4.78, 5) is 16.3. The fourth-order valence-electron chi connectivity index (χ4n) is 3.03. The summed E-state index contributed by atoms with van der Waals surface area (Å²) in [7, 11) is 3.89. The number of nitrogens with one attached hydrogen (secondary N) is 1. The second-order valence-corrected chi connectivity index (χ2v) is 7.03. The molecule has 0 radical (unpaired) electrons. The zero-order valence-corrected chi connectivity index (χ0v) is 15.7. The molecule has 0 unspecified atom stereocenters. The van der Waals surface area contributed by atoms with Crippen LogP contribution in [0.4, 0.5) is 24.5 Å². The van der Waals surface area contributed by atoms with E-state index >= 15 is 0 Å². The lowest BCUT2D eigenvalue weighted by atomic mass is 10.1. The Balaban J connectivity index is 1.90. The number of hydrogen-bond acceptors (Lipinski definition) is 3. The minimum Gasteiger partial charge on any atom is -0.383 e. The first kappa shape index (κ1) is 19.5. The van der Waals surface area contributed by atoms with Crippen molar-refractivity contribution in [1.82, 2.24) is 4.90 Å². The van der Waals surface area contributed by atoms with Gasteiger partial charge in [0, 0.05) is 24.5 Å². The van der Waals surface area contributed by atoms with Crippen molar-refractivity contribution in [3.63, 3.8) is 0 Å². The molecule has 2 aromatic rings. The number of anilines is 2. The van der Waals surface area contributed by atoms with Gasteiger partial charge in [-0.3, -0.25) is 4.79 Å². The number of alkyl halides is 3. The molecule has 144 valence electrons. The molecular formula is C19H19ClF3N3O. The molecular weight excluding hydrogens is 379 g/mol. The number of nitrogens with zero attached hydrogens (tertiary/aromatic N) is 2. The number of carbonyl (C=O) groups excluding carboxylic acids is 1. The first-order valence-corrected chi connectivity index (χ1v) is 8.75. The van der Waals surface area contributed by atoms with Gasteiger partial charge in [0.15, 0.2) is 0 Å². The quantitative estimate of drug-likeness (QED) is 0.807. The van der Waals surface area contributed by atoms with Crippen LogP contribution in [0.1, 0.15) is 21.5 Å². The van der Waals surface area contributed by atoms with E-state index in [2.05, 4.69) is 5.32 Å². The van der Waals surface area contributed by atoms with Crippen LogP contribution >= 0.6 is 11.6 Å². The molecule has 4 nitrogen and oxygen atoms in total. The van der Waals surface area contributed by atoms with Gasteiger partial charge < -0.3 is 15.1 Å². The minimum atomic E-state index is -4.58. The van der Waals surface area contributed by atoms with Crippen LogP contribution in [0.15, 0.2) is 36.4 Å². The Morgan fingerprint density at radius 1 is 1.22 bits per heavy atom. The molecule has 0 aromatic heterocycles. The zero-order chi connectivity index (χ0) is 19.8. The summed E-state index contributed by atoms with van der Waals surface area (Å²) in [6.45, 7) is 1.65. The van der Waals surface area contributed by atoms with Crippen molar-refractivity contribution in [2.75, 3.05) is 37.4 Å². The molecule has 0 fully saturated rings. The summed E-state index contributed by atoms with van der Waals surface area (Å²) in [5, 5.41) is 2.85. The molecule has 8 heteroatoms. The Morgan fingerprint density at radius 2 is 1.96 bits per heavy atom. The second kappa shape index (κ2) is 7.40. The maximum atomic E-state index is 13.1. The van der Waals surface area contributed by atoms with Crippen LogP contribution in [0.25, 0.3) is 0 Å². The van der Waals surface area contributed by atoms with Crippen molar-refractivity contribution < 1.29 is 18.0 Å². The van der Waals surface area contributed by atoms with E-state index in [1.807, 2.05) is 31.1 Å². The monoisotopic (exact) mass is 397 g/mol. The predicted molar refractivity (Wildman–Crippen MR) is 100 cm³/mol. The third-order valence-corrected chi connectivity index (χ3v) is 4.71. The molecule has 0 aliphatic carbocycles. The van der Waals surface area contributed by atoms with Gasteiger partial charge >= 0.3 is 6.18 Å². The van der Waals surface area contributed by atoms with Gasteiger partial charge in [-0.1, -0.05) is 23.7 Å². The van der Waals surface area contributed by atoms with E-state index in [4.69, 9.17) is 11.6 Å². The molecule has 0 saturated carbocycles. The van der Waals surface area contributed by atoms with Gasteiger partial charge in [0.1, 0.15) is 0 Å². The Hall–Kier alpha value is -2.25. The number of hydrogen-bond donors (Lipinski definition) is 1. The van der Waals surface area contributed by atoms with E-state index in [1.165, 1.54) is 17.0 Å². The summed E-state index contributed by atoms with van der Waals surface area (Å²) < 4.78 is 39.4. The lowest BCUT2D eigenvalue weighted by Gasteiger charge is -2.19. The summed E-state index contributed by atoms with van der Waals surface area (Å²) in [6, 6.07) is 8.97. The van der Waals surface area contributed by atoms with Gasteiger partial charge in [-0.05, 0) is 43.9 Å². The molecule has 1 heterocycles. The van der Waals surface area contributed by atoms with Crippen LogP contribution in [-0.4, -0.2) is 38.0 Å². The van der Waals surface area contributed by atoms with Gasteiger partial charge in [-0.15, -0.1) is 0 Å². The second-order valence-electron chi connectivity index (χ2n) is 6.62. The molecule has 1 amide bonds. The normalized spacial score (nSPS) is 14.0. The summed E-state index contributed by atoms with van der Waals surface area (Å²) >= 11 is 5.68. The van der Waals surface area contributed by atoms with E-state index in [-0.39, 0.29) is 23.2 Å². The van der Waals surface area contributed by atoms with Gasteiger partial charge in [-0.2, -0.15) is 13.2 Å². The van der Waals surface area contributed by atoms with E-state index in [0.29, 0.717) is 17.8 Å². The average Bonchev–Trinajstić information content (AvgIpc) is 2.92. The maximum absolute atomic E-state index is 13.1. The van der Waals surface area contributed by atoms with Crippen molar-refractivity contribution in [3.05, 3.63) is 58.1 Å². The molecule has 0 spiro atoms. The van der Waals surface area contributed by atoms with Crippen molar-refractivity contribution in [2.24, 2.45) is 0 Å². The number of benzene rings is 2. The first-order chi connectivity index (χ1) is 12.7. The number of amides is 1. The van der Waals surface area contributed by atoms with Gasteiger partial charge in [0.2, 0.25) is 0 Å². The topological polar surface area (TPSA) is 35.6 Å². The standard InChI is InChI=1S/C19H19ClF3N3O/c1-25(2)9-8-24-16-5-3-4-12-11-26(18(27)17(12)16)13-6-7-15(20)14(10-13)19(21,22)23/h3-7,10,24H,8-9,11H2,1-2H3. The van der Waals surface area contributed by atoms with Crippen LogP contribution in [0, 0.1) is 0 Å². The summed E-state index contributed by atoms with van der Waals surface area (Å²) in [5.74, 6) is -0.326. The molecule has 0 saturated heterocycles. The van der Waals surface area contributed by atoms with E-state index in [1.54, 1.807) is 6.07 Å². The van der Waals surface area contributed by atoms with Gasteiger partial charge in [0.05, 0.1) is 22.7 Å². The number of halogens is 4. The highest BCUT2D eigenvalue weighted by atomic mass is 35.5. The van der Waals surface area contributed by atoms with Crippen LogP contribution < -0.4 is 10.2 Å². The minimum absolute atomic E-state index is 0.173. The van der Waals surface area contributed by atoms with Crippen LogP contribution in [0.3, 0.4) is 0 Å². The van der Waals surface area contributed by atoms with Crippen molar-refractivity contribution in [1.29, 1.82) is 0 Å². The highest BCUT2D eigenvalue weighted by Crippen LogP contribution is 2.39. The van der Waals surface area contributed by atoms with Crippen LogP contribution in [0.2, 0.25) is 5.02 Å². The molecule has 0 atom stereocenters. The van der Waals surface area contributed by atoms with Gasteiger partial charge in [0.25, 0.3) is 5.91 Å². The first-order valence-electron chi connectivity index (χ1n) is 8.37.